The molecule has 0 aliphatic carbocycles. The van der Waals surface area contributed by atoms with E-state index in [-0.39, 0.29) is 0 Å². The number of H-pyrrole nitrogens is 1. The van der Waals surface area contributed by atoms with Gasteiger partial charge in [-0.15, -0.1) is 0 Å². The molecule has 2 aromatic rings. The molecule has 1 aromatic carbocycles. The Kier molecular flexibility index (Phi) is 2.56. The maximum atomic E-state index is 5.16. The molecule has 1 aromatic heterocycles. The first-order valence-corrected chi connectivity index (χ1v) is 4.96. The standard InChI is InChI=1S/C10H8N2S2/c13-9-6-7-12(10(14)11-9)8-4-2-1-3-5-8/h1-7H,(H,11,13,14). The van der Waals surface area contributed by atoms with E-state index in [0.29, 0.717) is 9.41 Å². The number of nitrogens with zero attached hydrogens (tertiary/aromatic N) is 1. The highest BCUT2D eigenvalue weighted by Crippen LogP contribution is 2.06. The fourth-order valence-corrected chi connectivity index (χ4v) is 1.71. The second kappa shape index (κ2) is 3.86. The lowest BCUT2D eigenvalue weighted by atomic mass is 10.3. The number of aromatic amines is 1. The van der Waals surface area contributed by atoms with E-state index in [4.69, 9.17) is 24.4 Å². The zero-order valence-corrected chi connectivity index (χ0v) is 8.94. The number of hydrogen-bond acceptors (Lipinski definition) is 2. The Bertz CT molecular complexity index is 540. The molecule has 2 nitrogen and oxygen atoms in total. The molecule has 0 aliphatic rings. The third-order valence-corrected chi connectivity index (χ3v) is 2.40. The molecule has 1 heterocycles. The predicted molar refractivity (Wildman–Crippen MR) is 61.8 cm³/mol. The van der Waals surface area contributed by atoms with Gasteiger partial charge in [-0.3, -0.25) is 4.57 Å². The molecular weight excluding hydrogens is 212 g/mol. The van der Waals surface area contributed by atoms with Crippen LogP contribution in [0.1, 0.15) is 0 Å². The Hall–Kier alpha value is -1.26. The molecule has 14 heavy (non-hydrogen) atoms. The highest BCUT2D eigenvalue weighted by molar-refractivity contribution is 7.72. The molecule has 70 valence electrons. The van der Waals surface area contributed by atoms with Crippen molar-refractivity contribution in [3.05, 3.63) is 52.0 Å². The average molecular weight is 220 g/mol. The minimum absolute atomic E-state index is 0.615. The van der Waals surface area contributed by atoms with Crippen molar-refractivity contribution < 1.29 is 0 Å². The van der Waals surface area contributed by atoms with Gasteiger partial charge in [-0.1, -0.05) is 30.4 Å². The summed E-state index contributed by atoms with van der Waals surface area (Å²) in [6.07, 6.45) is 1.87. The van der Waals surface area contributed by atoms with Crippen molar-refractivity contribution in [2.75, 3.05) is 0 Å². The number of rotatable bonds is 1. The van der Waals surface area contributed by atoms with Gasteiger partial charge >= 0.3 is 0 Å². The molecule has 2 rings (SSSR count). The third kappa shape index (κ3) is 1.81. The maximum Gasteiger partial charge on any atom is 0.182 e. The molecule has 0 saturated carbocycles. The summed E-state index contributed by atoms with van der Waals surface area (Å²) in [6, 6.07) is 11.7. The Morgan fingerprint density at radius 2 is 1.71 bits per heavy atom. The van der Waals surface area contributed by atoms with Crippen molar-refractivity contribution in [2.24, 2.45) is 0 Å². The van der Waals surface area contributed by atoms with E-state index in [2.05, 4.69) is 4.98 Å². The fourth-order valence-electron chi connectivity index (χ4n) is 1.21. The van der Waals surface area contributed by atoms with Gasteiger partial charge in [0.15, 0.2) is 4.77 Å². The summed E-state index contributed by atoms with van der Waals surface area (Å²) >= 11 is 10.1. The van der Waals surface area contributed by atoms with Crippen molar-refractivity contribution in [1.29, 1.82) is 0 Å². The van der Waals surface area contributed by atoms with Crippen LogP contribution in [-0.4, -0.2) is 9.55 Å². The molecule has 4 heteroatoms. The van der Waals surface area contributed by atoms with Crippen LogP contribution in [0.3, 0.4) is 0 Å². The quantitative estimate of drug-likeness (QED) is 0.745. The summed E-state index contributed by atoms with van der Waals surface area (Å²) < 4.78 is 3.15. The van der Waals surface area contributed by atoms with Crippen LogP contribution < -0.4 is 0 Å². The summed E-state index contributed by atoms with van der Waals surface area (Å²) in [7, 11) is 0. The van der Waals surface area contributed by atoms with Crippen LogP contribution in [0.15, 0.2) is 42.6 Å². The summed E-state index contributed by atoms with van der Waals surface area (Å²) in [4.78, 5) is 2.93. The van der Waals surface area contributed by atoms with Gasteiger partial charge in [-0.05, 0) is 30.4 Å². The molecule has 0 fully saturated rings. The highest BCUT2D eigenvalue weighted by Gasteiger charge is 1.93. The second-order valence-electron chi connectivity index (χ2n) is 2.82. The Morgan fingerprint density at radius 1 is 1.00 bits per heavy atom. The molecular formula is C10H8N2S2. The molecule has 0 bridgehead atoms. The van der Waals surface area contributed by atoms with Crippen molar-refractivity contribution >= 4 is 24.4 Å². The van der Waals surface area contributed by atoms with Gasteiger partial charge in [-0.25, -0.2) is 0 Å². The van der Waals surface area contributed by atoms with Gasteiger partial charge in [-0.2, -0.15) is 0 Å². The van der Waals surface area contributed by atoms with Crippen LogP contribution in [0.4, 0.5) is 0 Å². The fraction of sp³-hybridized carbons (Fsp3) is 0. The van der Waals surface area contributed by atoms with Gasteiger partial charge in [0.25, 0.3) is 0 Å². The summed E-state index contributed by atoms with van der Waals surface area (Å²) in [6.45, 7) is 0. The van der Waals surface area contributed by atoms with Gasteiger partial charge < -0.3 is 4.98 Å². The van der Waals surface area contributed by atoms with E-state index in [0.717, 1.165) is 5.69 Å². The monoisotopic (exact) mass is 220 g/mol. The smallest absolute Gasteiger partial charge is 0.182 e. The minimum Gasteiger partial charge on any atom is -0.323 e. The van der Waals surface area contributed by atoms with Gasteiger partial charge in [0.1, 0.15) is 4.64 Å². The van der Waals surface area contributed by atoms with Gasteiger partial charge in [0, 0.05) is 11.9 Å². The van der Waals surface area contributed by atoms with Crippen molar-refractivity contribution in [3.8, 4) is 5.69 Å². The van der Waals surface area contributed by atoms with E-state index in [1.54, 1.807) is 0 Å². The van der Waals surface area contributed by atoms with E-state index >= 15 is 0 Å². The van der Waals surface area contributed by atoms with E-state index in [1.165, 1.54) is 0 Å². The van der Waals surface area contributed by atoms with Crippen LogP contribution in [0.5, 0.6) is 0 Å². The first kappa shape index (κ1) is 9.30. The summed E-state index contributed by atoms with van der Waals surface area (Å²) in [5.74, 6) is 0. The number of hydrogen-bond donors (Lipinski definition) is 1. The van der Waals surface area contributed by atoms with Crippen LogP contribution >= 0.6 is 24.4 Å². The van der Waals surface area contributed by atoms with Crippen molar-refractivity contribution in [1.82, 2.24) is 9.55 Å². The molecule has 0 aliphatic heterocycles. The first-order valence-electron chi connectivity index (χ1n) is 4.15. The van der Waals surface area contributed by atoms with Gasteiger partial charge in [0.2, 0.25) is 0 Å². The largest absolute Gasteiger partial charge is 0.323 e. The number of nitrogens with one attached hydrogen (secondary N) is 1. The lowest BCUT2D eigenvalue weighted by Crippen LogP contribution is -1.97. The molecule has 0 amide bonds. The molecule has 0 unspecified atom stereocenters. The van der Waals surface area contributed by atoms with E-state index < -0.39 is 0 Å². The van der Waals surface area contributed by atoms with Crippen LogP contribution in [-0.2, 0) is 0 Å². The van der Waals surface area contributed by atoms with Crippen LogP contribution in [0, 0.1) is 9.41 Å². The van der Waals surface area contributed by atoms with Crippen molar-refractivity contribution in [2.45, 2.75) is 0 Å². The van der Waals surface area contributed by atoms with Crippen LogP contribution in [0.25, 0.3) is 5.69 Å². The average Bonchev–Trinajstić information content (AvgIpc) is 2.19. The number of aromatic nitrogens is 2. The predicted octanol–water partition coefficient (Wildman–Crippen LogP) is 3.26. The Labute approximate surface area is 91.9 Å². The molecule has 0 spiro atoms. The lowest BCUT2D eigenvalue weighted by Gasteiger charge is -2.05. The lowest BCUT2D eigenvalue weighted by molar-refractivity contribution is 0.950. The molecule has 0 radical (unpaired) electrons. The van der Waals surface area contributed by atoms with Crippen LogP contribution in [0.2, 0.25) is 0 Å². The summed E-state index contributed by atoms with van der Waals surface area (Å²) in [5, 5.41) is 0. The maximum absolute atomic E-state index is 5.16. The second-order valence-corrected chi connectivity index (χ2v) is 3.64. The highest BCUT2D eigenvalue weighted by atomic mass is 32.1. The first-order chi connectivity index (χ1) is 6.77. The van der Waals surface area contributed by atoms with Crippen molar-refractivity contribution in [3.63, 3.8) is 0 Å². The normalized spacial score (nSPS) is 10.0. The summed E-state index contributed by atoms with van der Waals surface area (Å²) in [5.41, 5.74) is 1.03. The molecule has 0 atom stereocenters. The zero-order chi connectivity index (χ0) is 9.97. The minimum atomic E-state index is 0.615. The van der Waals surface area contributed by atoms with E-state index in [1.807, 2.05) is 47.2 Å². The Morgan fingerprint density at radius 3 is 2.36 bits per heavy atom. The molecule has 0 saturated heterocycles. The number of para-hydroxylation sites is 1. The number of benzene rings is 1. The van der Waals surface area contributed by atoms with E-state index in [9.17, 15) is 0 Å². The third-order valence-electron chi connectivity index (χ3n) is 1.86. The Balaban J connectivity index is 2.64. The molecule has 1 N–H and O–H groups in total. The van der Waals surface area contributed by atoms with Gasteiger partial charge in [0.05, 0.1) is 0 Å². The topological polar surface area (TPSA) is 20.7 Å². The SMILES string of the molecule is S=c1ccn(-c2ccccc2)c(=S)[nH]1. The zero-order valence-electron chi connectivity index (χ0n) is 7.31.